The van der Waals surface area contributed by atoms with Crippen LogP contribution in [0.25, 0.3) is 0 Å². The van der Waals surface area contributed by atoms with E-state index in [0.29, 0.717) is 0 Å². The normalized spacial score (nSPS) is 19.4. The van der Waals surface area contributed by atoms with Crippen molar-refractivity contribution in [3.8, 4) is 0 Å². The van der Waals surface area contributed by atoms with Gasteiger partial charge < -0.3 is 0 Å². The molecule has 0 radical (unpaired) electrons. The Kier molecular flexibility index (Phi) is 5.38. The summed E-state index contributed by atoms with van der Waals surface area (Å²) < 4.78 is 0. The van der Waals surface area contributed by atoms with Crippen LogP contribution in [-0.4, -0.2) is 4.83 Å². The first-order valence-electron chi connectivity index (χ1n) is 5.92. The summed E-state index contributed by atoms with van der Waals surface area (Å²) in [4.78, 5) is 0.835. The lowest BCUT2D eigenvalue weighted by molar-refractivity contribution is 0.429. The smallest absolute Gasteiger partial charge is 0.0174 e. The Labute approximate surface area is 91.6 Å². The first kappa shape index (κ1) is 11.6. The van der Waals surface area contributed by atoms with Crippen LogP contribution in [0, 0.1) is 11.8 Å². The molecule has 13 heavy (non-hydrogen) atoms. The van der Waals surface area contributed by atoms with Crippen molar-refractivity contribution in [2.45, 2.75) is 63.6 Å². The van der Waals surface area contributed by atoms with E-state index in [1.54, 1.807) is 0 Å². The maximum absolute atomic E-state index is 3.80. The summed E-state index contributed by atoms with van der Waals surface area (Å²) in [5.74, 6) is 2.01. The molecule has 1 fully saturated rings. The van der Waals surface area contributed by atoms with Crippen molar-refractivity contribution in [2.75, 3.05) is 0 Å². The first-order valence-corrected chi connectivity index (χ1v) is 6.83. The molecular formula is C12H23Br. The molecule has 0 aromatic heterocycles. The van der Waals surface area contributed by atoms with Crippen molar-refractivity contribution in [2.24, 2.45) is 11.8 Å². The predicted molar refractivity (Wildman–Crippen MR) is 63.4 cm³/mol. The minimum atomic E-state index is 0.835. The van der Waals surface area contributed by atoms with Gasteiger partial charge in [0.1, 0.15) is 0 Å². The Bertz CT molecular complexity index is 123. The van der Waals surface area contributed by atoms with Crippen molar-refractivity contribution >= 4 is 15.9 Å². The van der Waals surface area contributed by atoms with Crippen molar-refractivity contribution in [1.82, 2.24) is 0 Å². The van der Waals surface area contributed by atoms with Gasteiger partial charge in [-0.1, -0.05) is 55.5 Å². The predicted octanol–water partition coefficient (Wildman–Crippen LogP) is 4.77. The van der Waals surface area contributed by atoms with Crippen LogP contribution < -0.4 is 0 Å². The highest BCUT2D eigenvalue weighted by Crippen LogP contribution is 2.39. The molecule has 0 amide bonds. The van der Waals surface area contributed by atoms with E-state index in [9.17, 15) is 0 Å². The van der Waals surface area contributed by atoms with Crippen LogP contribution in [0.1, 0.15) is 58.8 Å². The van der Waals surface area contributed by atoms with Crippen molar-refractivity contribution in [3.05, 3.63) is 0 Å². The Morgan fingerprint density at radius 1 is 1.15 bits per heavy atom. The lowest BCUT2D eigenvalue weighted by Gasteiger charge is -2.13. The van der Waals surface area contributed by atoms with E-state index in [-0.39, 0.29) is 0 Å². The number of halogens is 1. The van der Waals surface area contributed by atoms with Crippen molar-refractivity contribution in [1.29, 1.82) is 0 Å². The van der Waals surface area contributed by atoms with Gasteiger partial charge in [-0.3, -0.25) is 0 Å². The average molecular weight is 247 g/mol. The van der Waals surface area contributed by atoms with Crippen LogP contribution in [0.5, 0.6) is 0 Å². The van der Waals surface area contributed by atoms with Gasteiger partial charge in [0.2, 0.25) is 0 Å². The SMILES string of the molecule is CCC(CC)CCCC(Br)C1CC1. The molecule has 0 spiro atoms. The lowest BCUT2D eigenvalue weighted by Crippen LogP contribution is -2.03. The standard InChI is InChI=1S/C12H23Br/c1-3-10(4-2)6-5-7-12(13)11-8-9-11/h10-12H,3-9H2,1-2H3. The highest BCUT2D eigenvalue weighted by atomic mass is 79.9. The fourth-order valence-corrected chi connectivity index (χ4v) is 2.84. The van der Waals surface area contributed by atoms with Crippen LogP contribution >= 0.6 is 15.9 Å². The third-order valence-electron chi connectivity index (χ3n) is 3.38. The molecule has 0 N–H and O–H groups in total. The van der Waals surface area contributed by atoms with Gasteiger partial charge in [-0.15, -0.1) is 0 Å². The summed E-state index contributed by atoms with van der Waals surface area (Å²) >= 11 is 3.80. The summed E-state index contributed by atoms with van der Waals surface area (Å²) in [6.07, 6.45) is 9.96. The largest absolute Gasteiger partial charge is 0.0888 e. The average Bonchev–Trinajstić information content (AvgIpc) is 2.95. The molecule has 1 unspecified atom stereocenters. The van der Waals surface area contributed by atoms with Gasteiger partial charge in [0, 0.05) is 4.83 Å². The zero-order chi connectivity index (χ0) is 9.68. The summed E-state index contributed by atoms with van der Waals surface area (Å²) in [6, 6.07) is 0. The monoisotopic (exact) mass is 246 g/mol. The van der Waals surface area contributed by atoms with E-state index in [4.69, 9.17) is 0 Å². The molecule has 1 heteroatoms. The Balaban J connectivity index is 1.98. The molecule has 78 valence electrons. The lowest BCUT2D eigenvalue weighted by atomic mass is 9.96. The zero-order valence-electron chi connectivity index (χ0n) is 9.06. The van der Waals surface area contributed by atoms with Crippen LogP contribution in [0.3, 0.4) is 0 Å². The highest BCUT2D eigenvalue weighted by Gasteiger charge is 2.28. The zero-order valence-corrected chi connectivity index (χ0v) is 10.6. The second-order valence-electron chi connectivity index (χ2n) is 4.47. The maximum Gasteiger partial charge on any atom is 0.0174 e. The van der Waals surface area contributed by atoms with Gasteiger partial charge in [0.15, 0.2) is 0 Å². The Hall–Kier alpha value is 0.480. The third kappa shape index (κ3) is 4.49. The van der Waals surface area contributed by atoms with E-state index >= 15 is 0 Å². The summed E-state index contributed by atoms with van der Waals surface area (Å²) in [5.41, 5.74) is 0. The van der Waals surface area contributed by atoms with Gasteiger partial charge in [-0.25, -0.2) is 0 Å². The maximum atomic E-state index is 3.80. The highest BCUT2D eigenvalue weighted by molar-refractivity contribution is 9.09. The van der Waals surface area contributed by atoms with Crippen LogP contribution in [-0.2, 0) is 0 Å². The van der Waals surface area contributed by atoms with E-state index in [1.807, 2.05) is 0 Å². The minimum absolute atomic E-state index is 0.835. The molecular weight excluding hydrogens is 224 g/mol. The van der Waals surface area contributed by atoms with Gasteiger partial charge in [-0.2, -0.15) is 0 Å². The van der Waals surface area contributed by atoms with E-state index in [1.165, 1.54) is 44.9 Å². The van der Waals surface area contributed by atoms with Gasteiger partial charge >= 0.3 is 0 Å². The molecule has 0 nitrogen and oxygen atoms in total. The van der Waals surface area contributed by atoms with Crippen LogP contribution in [0.2, 0.25) is 0 Å². The van der Waals surface area contributed by atoms with Crippen molar-refractivity contribution in [3.63, 3.8) is 0 Å². The number of hydrogen-bond acceptors (Lipinski definition) is 0. The quantitative estimate of drug-likeness (QED) is 0.568. The topological polar surface area (TPSA) is 0 Å². The Morgan fingerprint density at radius 2 is 1.77 bits per heavy atom. The van der Waals surface area contributed by atoms with Gasteiger partial charge in [-0.05, 0) is 31.1 Å². The molecule has 1 rings (SSSR count). The van der Waals surface area contributed by atoms with Crippen LogP contribution in [0.4, 0.5) is 0 Å². The fraction of sp³-hybridized carbons (Fsp3) is 1.00. The molecule has 1 aliphatic rings. The molecule has 1 saturated carbocycles. The third-order valence-corrected chi connectivity index (χ3v) is 4.59. The molecule has 1 aliphatic carbocycles. The van der Waals surface area contributed by atoms with E-state index in [0.717, 1.165) is 16.7 Å². The number of rotatable bonds is 7. The van der Waals surface area contributed by atoms with Gasteiger partial charge in [0.25, 0.3) is 0 Å². The molecule has 0 aromatic rings. The number of hydrogen-bond donors (Lipinski definition) is 0. The summed E-state index contributed by atoms with van der Waals surface area (Å²) in [5, 5.41) is 0. The second kappa shape index (κ2) is 6.06. The molecule has 0 aliphatic heterocycles. The molecule has 0 bridgehead atoms. The van der Waals surface area contributed by atoms with Crippen molar-refractivity contribution < 1.29 is 0 Å². The van der Waals surface area contributed by atoms with E-state index in [2.05, 4.69) is 29.8 Å². The van der Waals surface area contributed by atoms with E-state index < -0.39 is 0 Å². The molecule has 0 saturated heterocycles. The Morgan fingerprint density at radius 3 is 2.23 bits per heavy atom. The van der Waals surface area contributed by atoms with Gasteiger partial charge in [0.05, 0.1) is 0 Å². The fourth-order valence-electron chi connectivity index (χ4n) is 1.99. The van der Waals surface area contributed by atoms with Crippen LogP contribution in [0.15, 0.2) is 0 Å². The second-order valence-corrected chi connectivity index (χ2v) is 5.64. The molecule has 0 aromatic carbocycles. The summed E-state index contributed by atoms with van der Waals surface area (Å²) in [6.45, 7) is 4.64. The number of alkyl halides is 1. The molecule has 0 heterocycles. The first-order chi connectivity index (χ1) is 6.27. The minimum Gasteiger partial charge on any atom is -0.0888 e. The summed E-state index contributed by atoms with van der Waals surface area (Å²) in [7, 11) is 0. The molecule has 1 atom stereocenters.